The van der Waals surface area contributed by atoms with Gasteiger partial charge in [-0.2, -0.15) is 0 Å². The van der Waals surface area contributed by atoms with E-state index >= 15 is 0 Å². The third kappa shape index (κ3) is 4.37. The lowest BCUT2D eigenvalue weighted by atomic mass is 10.2. The van der Waals surface area contributed by atoms with Crippen molar-refractivity contribution >= 4 is 17.6 Å². The zero-order chi connectivity index (χ0) is 18.4. The molecule has 2 rings (SSSR count). The van der Waals surface area contributed by atoms with Crippen molar-refractivity contribution in [3.8, 4) is 11.4 Å². The topological polar surface area (TPSA) is 91.7 Å². The van der Waals surface area contributed by atoms with Gasteiger partial charge < -0.3 is 24.1 Å². The largest absolute Gasteiger partial charge is 0.494 e. The fraction of sp³-hybridized carbons (Fsp3) is 0.235. The first kappa shape index (κ1) is 18.1. The molecule has 25 heavy (non-hydrogen) atoms. The molecular weight excluding hydrogens is 326 g/mol. The number of aromatic nitrogens is 2. The molecule has 0 amide bonds. The van der Waals surface area contributed by atoms with Crippen LogP contribution in [0.25, 0.3) is 5.69 Å². The van der Waals surface area contributed by atoms with E-state index in [1.807, 2.05) is 17.7 Å². The van der Waals surface area contributed by atoms with E-state index in [0.29, 0.717) is 11.4 Å². The lowest BCUT2D eigenvalue weighted by molar-refractivity contribution is -0.138. The number of hydrogen-bond acceptors (Lipinski definition) is 7. The number of imidazole rings is 1. The molecule has 1 N–H and O–H groups in total. The van der Waals surface area contributed by atoms with Crippen LogP contribution >= 0.6 is 0 Å². The molecule has 0 saturated heterocycles. The second-order valence-corrected chi connectivity index (χ2v) is 5.01. The van der Waals surface area contributed by atoms with Crippen LogP contribution in [0.5, 0.6) is 5.75 Å². The van der Waals surface area contributed by atoms with Crippen molar-refractivity contribution in [2.45, 2.75) is 6.92 Å². The number of carbonyl (C=O) groups is 2. The van der Waals surface area contributed by atoms with Crippen LogP contribution in [-0.4, -0.2) is 42.8 Å². The fourth-order valence-electron chi connectivity index (χ4n) is 2.11. The van der Waals surface area contributed by atoms with Gasteiger partial charge in [-0.3, -0.25) is 0 Å². The highest BCUT2D eigenvalue weighted by Gasteiger charge is 2.14. The van der Waals surface area contributed by atoms with Crippen LogP contribution in [0.2, 0.25) is 0 Å². The highest BCUT2D eigenvalue weighted by Crippen LogP contribution is 2.27. The minimum atomic E-state index is -0.696. The Bertz CT molecular complexity index is 810. The summed E-state index contributed by atoms with van der Waals surface area (Å²) in [6.45, 7) is 1.89. The second kappa shape index (κ2) is 8.00. The Morgan fingerprint density at radius 1 is 1.20 bits per heavy atom. The van der Waals surface area contributed by atoms with E-state index in [4.69, 9.17) is 4.74 Å². The molecule has 0 spiro atoms. The summed E-state index contributed by atoms with van der Waals surface area (Å²) in [5.74, 6) is -0.811. The third-order valence-corrected chi connectivity index (χ3v) is 3.32. The molecule has 1 aromatic heterocycles. The second-order valence-electron chi connectivity index (χ2n) is 5.01. The summed E-state index contributed by atoms with van der Waals surface area (Å²) in [6, 6.07) is 5.23. The Balaban J connectivity index is 2.34. The lowest BCUT2D eigenvalue weighted by Crippen LogP contribution is -2.15. The fourth-order valence-corrected chi connectivity index (χ4v) is 2.11. The Kier molecular flexibility index (Phi) is 5.78. The van der Waals surface area contributed by atoms with Gasteiger partial charge in [-0.25, -0.2) is 14.6 Å². The van der Waals surface area contributed by atoms with Gasteiger partial charge >= 0.3 is 11.9 Å². The van der Waals surface area contributed by atoms with Crippen LogP contribution in [0.3, 0.4) is 0 Å². The number of ether oxygens (including phenoxy) is 3. The maximum absolute atomic E-state index is 11.8. The van der Waals surface area contributed by atoms with Crippen LogP contribution in [0.4, 0.5) is 5.69 Å². The number of benzene rings is 1. The number of nitrogens with zero attached hydrogens (tertiary/aromatic N) is 2. The summed E-state index contributed by atoms with van der Waals surface area (Å²) in [6.07, 6.45) is 4.56. The van der Waals surface area contributed by atoms with Gasteiger partial charge in [0.05, 0.1) is 45.1 Å². The van der Waals surface area contributed by atoms with Crippen molar-refractivity contribution in [3.63, 3.8) is 0 Å². The zero-order valence-electron chi connectivity index (χ0n) is 14.4. The highest BCUT2D eigenvalue weighted by molar-refractivity contribution is 5.98. The van der Waals surface area contributed by atoms with Crippen molar-refractivity contribution in [2.75, 3.05) is 26.6 Å². The first-order valence-electron chi connectivity index (χ1n) is 7.32. The van der Waals surface area contributed by atoms with Gasteiger partial charge in [0.25, 0.3) is 0 Å². The molecule has 0 bridgehead atoms. The number of nitrogens with one attached hydrogen (secondary N) is 1. The van der Waals surface area contributed by atoms with E-state index < -0.39 is 11.9 Å². The number of anilines is 1. The number of rotatable bonds is 6. The van der Waals surface area contributed by atoms with Crippen LogP contribution in [-0.2, 0) is 19.1 Å². The molecule has 0 aliphatic carbocycles. The SMILES string of the molecule is COC(=O)/C=C(/Nc1ccc(-n2cnc(C)c2)c(OC)c1)C(=O)OC. The van der Waals surface area contributed by atoms with Crippen LogP contribution < -0.4 is 10.1 Å². The minimum absolute atomic E-state index is 0.0531. The van der Waals surface area contributed by atoms with E-state index in [1.54, 1.807) is 24.5 Å². The molecule has 0 saturated carbocycles. The summed E-state index contributed by atoms with van der Waals surface area (Å²) in [5, 5.41) is 2.83. The van der Waals surface area contributed by atoms with Gasteiger partial charge in [-0.1, -0.05) is 0 Å². The van der Waals surface area contributed by atoms with E-state index in [2.05, 4.69) is 19.8 Å². The number of aryl methyl sites for hydroxylation is 1. The summed E-state index contributed by atoms with van der Waals surface area (Å²) in [4.78, 5) is 27.4. The molecule has 2 aromatic rings. The van der Waals surface area contributed by atoms with Gasteiger partial charge in [0, 0.05) is 18.0 Å². The molecule has 0 atom stereocenters. The smallest absolute Gasteiger partial charge is 0.354 e. The molecule has 0 fully saturated rings. The molecule has 0 unspecified atom stereocenters. The number of carbonyl (C=O) groups excluding carboxylic acids is 2. The van der Waals surface area contributed by atoms with Crippen molar-refractivity contribution in [3.05, 3.63) is 48.2 Å². The van der Waals surface area contributed by atoms with Crippen molar-refractivity contribution in [1.82, 2.24) is 9.55 Å². The number of methoxy groups -OCH3 is 3. The van der Waals surface area contributed by atoms with Gasteiger partial charge in [-0.05, 0) is 19.1 Å². The molecule has 1 aromatic carbocycles. The predicted molar refractivity (Wildman–Crippen MR) is 90.6 cm³/mol. The summed E-state index contributed by atoms with van der Waals surface area (Å²) in [7, 11) is 3.98. The first-order chi connectivity index (χ1) is 12.0. The van der Waals surface area contributed by atoms with Gasteiger partial charge in [-0.15, -0.1) is 0 Å². The summed E-state index contributed by atoms with van der Waals surface area (Å²) in [5.41, 5.74) is 2.14. The molecule has 8 nitrogen and oxygen atoms in total. The first-order valence-corrected chi connectivity index (χ1v) is 7.32. The monoisotopic (exact) mass is 345 g/mol. The van der Waals surface area contributed by atoms with Crippen LogP contribution in [0, 0.1) is 6.92 Å². The van der Waals surface area contributed by atoms with Crippen LogP contribution in [0.15, 0.2) is 42.5 Å². The third-order valence-electron chi connectivity index (χ3n) is 3.32. The van der Waals surface area contributed by atoms with Crippen molar-refractivity contribution in [1.29, 1.82) is 0 Å². The Labute approximate surface area is 145 Å². The molecule has 0 radical (unpaired) electrons. The molecule has 1 heterocycles. The molecule has 0 aliphatic heterocycles. The quantitative estimate of drug-likeness (QED) is 0.631. The maximum atomic E-state index is 11.8. The Hall–Kier alpha value is -3.29. The molecule has 132 valence electrons. The highest BCUT2D eigenvalue weighted by atomic mass is 16.5. The average Bonchev–Trinajstić information content (AvgIpc) is 3.06. The van der Waals surface area contributed by atoms with E-state index in [-0.39, 0.29) is 5.70 Å². The predicted octanol–water partition coefficient (Wildman–Crippen LogP) is 1.83. The normalized spacial score (nSPS) is 11.0. The number of hydrogen-bond donors (Lipinski definition) is 1. The summed E-state index contributed by atoms with van der Waals surface area (Å²) < 4.78 is 16.4. The van der Waals surface area contributed by atoms with Gasteiger partial charge in [0.2, 0.25) is 0 Å². The van der Waals surface area contributed by atoms with E-state index in [9.17, 15) is 9.59 Å². The average molecular weight is 345 g/mol. The zero-order valence-corrected chi connectivity index (χ0v) is 14.4. The van der Waals surface area contributed by atoms with Crippen molar-refractivity contribution < 1.29 is 23.8 Å². The van der Waals surface area contributed by atoms with E-state index in [1.165, 1.54) is 21.3 Å². The Morgan fingerprint density at radius 2 is 1.96 bits per heavy atom. The maximum Gasteiger partial charge on any atom is 0.354 e. The molecular formula is C17H19N3O5. The van der Waals surface area contributed by atoms with Gasteiger partial charge in [0.15, 0.2) is 0 Å². The van der Waals surface area contributed by atoms with Crippen molar-refractivity contribution in [2.24, 2.45) is 0 Å². The Morgan fingerprint density at radius 3 is 2.52 bits per heavy atom. The molecule has 8 heteroatoms. The van der Waals surface area contributed by atoms with E-state index in [0.717, 1.165) is 17.5 Å². The number of esters is 2. The lowest BCUT2D eigenvalue weighted by Gasteiger charge is -2.13. The summed E-state index contributed by atoms with van der Waals surface area (Å²) >= 11 is 0. The minimum Gasteiger partial charge on any atom is -0.494 e. The standard InChI is InChI=1S/C17H19N3O5/c1-11-9-20(10-18-11)14-6-5-12(7-15(14)23-2)19-13(17(22)25-4)8-16(21)24-3/h5-10,19H,1-4H3/b13-8+. The van der Waals surface area contributed by atoms with Crippen LogP contribution in [0.1, 0.15) is 5.69 Å². The molecule has 0 aliphatic rings. The van der Waals surface area contributed by atoms with Gasteiger partial charge in [0.1, 0.15) is 11.4 Å².